The largest absolute Gasteiger partial charge is 0.392 e. The molecule has 0 aliphatic carbocycles. The van der Waals surface area contributed by atoms with E-state index in [-0.39, 0.29) is 12.2 Å². The summed E-state index contributed by atoms with van der Waals surface area (Å²) in [6, 6.07) is 8.68. The summed E-state index contributed by atoms with van der Waals surface area (Å²) < 4.78 is 13.6. The second kappa shape index (κ2) is 6.51. The molecule has 102 valence electrons. The van der Waals surface area contributed by atoms with Gasteiger partial charge in [-0.25, -0.2) is 4.39 Å². The number of aryl methyl sites for hydroxylation is 1. The van der Waals surface area contributed by atoms with Crippen molar-refractivity contribution >= 4 is 22.9 Å². The van der Waals surface area contributed by atoms with Gasteiger partial charge in [0.15, 0.2) is 0 Å². The Balaban J connectivity index is 2.03. The molecule has 1 nitrogen and oxygen atoms in total. The summed E-state index contributed by atoms with van der Waals surface area (Å²) in [4.78, 5) is 2.42. The molecule has 0 fully saturated rings. The third kappa shape index (κ3) is 3.78. The lowest BCUT2D eigenvalue weighted by Gasteiger charge is -2.11. The Labute approximate surface area is 121 Å². The van der Waals surface area contributed by atoms with E-state index < -0.39 is 6.10 Å². The van der Waals surface area contributed by atoms with Crippen LogP contribution in [-0.4, -0.2) is 11.2 Å². The average Bonchev–Trinajstić information content (AvgIpc) is 2.81. The Morgan fingerprint density at radius 2 is 1.95 bits per heavy atom. The normalized spacial score (nSPS) is 12.6. The fraction of sp³-hybridized carbons (Fsp3) is 0.333. The molecule has 2 rings (SSSR count). The molecule has 1 heterocycles. The van der Waals surface area contributed by atoms with Crippen molar-refractivity contribution in [2.24, 2.45) is 0 Å². The highest BCUT2D eigenvalue weighted by Gasteiger charge is 2.14. The Bertz CT molecular complexity index is 533. The Morgan fingerprint density at radius 1 is 1.21 bits per heavy atom. The van der Waals surface area contributed by atoms with Crippen molar-refractivity contribution in [3.63, 3.8) is 0 Å². The van der Waals surface area contributed by atoms with Gasteiger partial charge in [-0.1, -0.05) is 24.6 Å². The molecule has 2 aromatic rings. The zero-order valence-corrected chi connectivity index (χ0v) is 12.3. The van der Waals surface area contributed by atoms with Crippen LogP contribution in [-0.2, 0) is 19.3 Å². The molecule has 0 bridgehead atoms. The SMILES string of the molecule is CCc1ccc(CC(O)Cc2c(F)cccc2Cl)s1. The van der Waals surface area contributed by atoms with E-state index in [1.54, 1.807) is 23.5 Å². The van der Waals surface area contributed by atoms with Crippen LogP contribution < -0.4 is 0 Å². The van der Waals surface area contributed by atoms with Crippen LogP contribution in [0.2, 0.25) is 5.02 Å². The van der Waals surface area contributed by atoms with E-state index in [4.69, 9.17) is 11.6 Å². The standard InChI is InChI=1S/C15H16ClFOS/c1-2-11-6-7-12(19-11)8-10(18)9-13-14(16)4-3-5-15(13)17/h3-7,10,18H,2,8-9H2,1H3. The summed E-state index contributed by atoms with van der Waals surface area (Å²) in [6.07, 6.45) is 1.16. The van der Waals surface area contributed by atoms with Crippen LogP contribution in [0.1, 0.15) is 22.2 Å². The Morgan fingerprint density at radius 3 is 2.58 bits per heavy atom. The lowest BCUT2D eigenvalue weighted by atomic mass is 10.0. The molecule has 0 aliphatic rings. The molecule has 0 amide bonds. The Kier molecular flexibility index (Phi) is 4.97. The average molecular weight is 299 g/mol. The summed E-state index contributed by atoms with van der Waals surface area (Å²) in [5, 5.41) is 10.4. The van der Waals surface area contributed by atoms with Crippen molar-refractivity contribution in [3.8, 4) is 0 Å². The van der Waals surface area contributed by atoms with Gasteiger partial charge in [0.25, 0.3) is 0 Å². The lowest BCUT2D eigenvalue weighted by Crippen LogP contribution is -2.14. The first-order chi connectivity index (χ1) is 9.10. The van der Waals surface area contributed by atoms with Gasteiger partial charge in [0.1, 0.15) is 5.82 Å². The highest BCUT2D eigenvalue weighted by atomic mass is 35.5. The number of benzene rings is 1. The maximum absolute atomic E-state index is 13.6. The van der Waals surface area contributed by atoms with Gasteiger partial charge < -0.3 is 5.11 Å². The number of rotatable bonds is 5. The fourth-order valence-corrected chi connectivity index (χ4v) is 3.26. The maximum Gasteiger partial charge on any atom is 0.127 e. The highest BCUT2D eigenvalue weighted by molar-refractivity contribution is 7.11. The van der Waals surface area contributed by atoms with E-state index in [9.17, 15) is 9.50 Å². The molecule has 1 unspecified atom stereocenters. The monoisotopic (exact) mass is 298 g/mol. The van der Waals surface area contributed by atoms with Gasteiger partial charge in [-0.2, -0.15) is 0 Å². The summed E-state index contributed by atoms with van der Waals surface area (Å²) in [7, 11) is 0. The van der Waals surface area contributed by atoms with Crippen molar-refractivity contribution in [2.75, 3.05) is 0 Å². The lowest BCUT2D eigenvalue weighted by molar-refractivity contribution is 0.175. The molecule has 19 heavy (non-hydrogen) atoms. The van der Waals surface area contributed by atoms with E-state index in [0.717, 1.165) is 11.3 Å². The zero-order valence-electron chi connectivity index (χ0n) is 10.7. The van der Waals surface area contributed by atoms with Gasteiger partial charge in [0, 0.05) is 33.2 Å². The third-order valence-electron chi connectivity index (χ3n) is 3.00. The molecule has 1 aromatic carbocycles. The predicted octanol–water partition coefficient (Wildman–Crippen LogP) is 4.25. The van der Waals surface area contributed by atoms with E-state index in [2.05, 4.69) is 13.0 Å². The van der Waals surface area contributed by atoms with Gasteiger partial charge in [0.2, 0.25) is 0 Å². The zero-order chi connectivity index (χ0) is 13.8. The fourth-order valence-electron chi connectivity index (χ4n) is 1.99. The van der Waals surface area contributed by atoms with Crippen molar-refractivity contribution in [2.45, 2.75) is 32.3 Å². The highest BCUT2D eigenvalue weighted by Crippen LogP contribution is 2.23. The Hall–Kier alpha value is -0.900. The number of aliphatic hydroxyl groups excluding tert-OH is 1. The van der Waals surface area contributed by atoms with E-state index >= 15 is 0 Å². The molecule has 0 saturated carbocycles. The second-order valence-corrected chi connectivity index (χ2v) is 6.14. The molecule has 1 N–H and O–H groups in total. The first kappa shape index (κ1) is 14.5. The molecule has 1 atom stereocenters. The molecule has 0 spiro atoms. The van der Waals surface area contributed by atoms with Crippen LogP contribution in [0, 0.1) is 5.82 Å². The summed E-state index contributed by atoms with van der Waals surface area (Å²) >= 11 is 7.65. The molecule has 0 radical (unpaired) electrons. The van der Waals surface area contributed by atoms with Crippen LogP contribution >= 0.6 is 22.9 Å². The molecule has 0 aliphatic heterocycles. The van der Waals surface area contributed by atoms with Gasteiger partial charge in [-0.15, -0.1) is 11.3 Å². The van der Waals surface area contributed by atoms with Gasteiger partial charge in [0.05, 0.1) is 6.10 Å². The number of thiophene rings is 1. The van der Waals surface area contributed by atoms with Gasteiger partial charge >= 0.3 is 0 Å². The molecule has 1 aromatic heterocycles. The molecule has 4 heteroatoms. The molecular weight excluding hydrogens is 283 g/mol. The first-order valence-electron chi connectivity index (χ1n) is 6.28. The topological polar surface area (TPSA) is 20.2 Å². The number of aliphatic hydroxyl groups is 1. The van der Waals surface area contributed by atoms with E-state index in [0.29, 0.717) is 17.0 Å². The van der Waals surface area contributed by atoms with Crippen molar-refractivity contribution in [3.05, 3.63) is 56.5 Å². The smallest absolute Gasteiger partial charge is 0.127 e. The van der Waals surface area contributed by atoms with Crippen molar-refractivity contribution in [1.82, 2.24) is 0 Å². The van der Waals surface area contributed by atoms with Crippen molar-refractivity contribution in [1.29, 1.82) is 0 Å². The van der Waals surface area contributed by atoms with Crippen LogP contribution in [0.5, 0.6) is 0 Å². The summed E-state index contributed by atoms with van der Waals surface area (Å²) in [5.41, 5.74) is 0.393. The molecule has 0 saturated heterocycles. The third-order valence-corrected chi connectivity index (χ3v) is 4.61. The van der Waals surface area contributed by atoms with Crippen LogP contribution in [0.3, 0.4) is 0 Å². The summed E-state index contributed by atoms with van der Waals surface area (Å²) in [5.74, 6) is -0.355. The number of hydrogen-bond donors (Lipinski definition) is 1. The number of hydrogen-bond acceptors (Lipinski definition) is 2. The van der Waals surface area contributed by atoms with Crippen LogP contribution in [0.25, 0.3) is 0 Å². The first-order valence-corrected chi connectivity index (χ1v) is 7.48. The van der Waals surface area contributed by atoms with E-state index in [1.807, 2.05) is 6.07 Å². The van der Waals surface area contributed by atoms with Crippen LogP contribution in [0.15, 0.2) is 30.3 Å². The minimum Gasteiger partial charge on any atom is -0.392 e. The van der Waals surface area contributed by atoms with Crippen LogP contribution in [0.4, 0.5) is 4.39 Å². The minimum atomic E-state index is -0.613. The van der Waals surface area contributed by atoms with E-state index in [1.165, 1.54) is 10.9 Å². The quantitative estimate of drug-likeness (QED) is 0.875. The van der Waals surface area contributed by atoms with Crippen molar-refractivity contribution < 1.29 is 9.50 Å². The predicted molar refractivity (Wildman–Crippen MR) is 78.5 cm³/mol. The summed E-state index contributed by atoms with van der Waals surface area (Å²) in [6.45, 7) is 2.10. The minimum absolute atomic E-state index is 0.241. The maximum atomic E-state index is 13.6. The number of halogens is 2. The molecular formula is C15H16ClFOS. The van der Waals surface area contributed by atoms with Gasteiger partial charge in [-0.05, 0) is 30.7 Å². The second-order valence-electron chi connectivity index (χ2n) is 4.48. The van der Waals surface area contributed by atoms with Gasteiger partial charge in [-0.3, -0.25) is 0 Å².